The topological polar surface area (TPSA) is 85.9 Å². The van der Waals surface area contributed by atoms with Crippen LogP contribution < -0.4 is 25.1 Å². The number of hydrogen-bond acceptors (Lipinski definition) is 5. The average Bonchev–Trinajstić information content (AvgIpc) is 2.70. The summed E-state index contributed by atoms with van der Waals surface area (Å²) in [5, 5.41) is 0. The van der Waals surface area contributed by atoms with E-state index < -0.39 is 11.8 Å². The molecule has 0 heterocycles. The lowest BCUT2D eigenvalue weighted by molar-refractivity contribution is -0.128. The third-order valence-corrected chi connectivity index (χ3v) is 3.37. The number of amides is 2. The van der Waals surface area contributed by atoms with E-state index in [-0.39, 0.29) is 6.61 Å². The molecule has 7 heteroatoms. The van der Waals surface area contributed by atoms with Gasteiger partial charge in [-0.05, 0) is 42.8 Å². The normalized spacial score (nSPS) is 10.3. The van der Waals surface area contributed by atoms with Crippen LogP contribution in [0.5, 0.6) is 17.2 Å². The van der Waals surface area contributed by atoms with Gasteiger partial charge in [0.05, 0.1) is 13.7 Å². The second-order valence-electron chi connectivity index (χ2n) is 5.31. The Hall–Kier alpha value is -3.48. The van der Waals surface area contributed by atoms with Gasteiger partial charge in [-0.3, -0.25) is 20.4 Å². The summed E-state index contributed by atoms with van der Waals surface area (Å²) in [5.41, 5.74) is 5.40. The molecule has 2 N–H and O–H groups in total. The molecule has 0 aliphatic carbocycles. The molecule has 0 aromatic heterocycles. The van der Waals surface area contributed by atoms with Gasteiger partial charge in [0.1, 0.15) is 5.75 Å². The van der Waals surface area contributed by atoms with Crippen LogP contribution in [0.15, 0.2) is 54.6 Å². The number of carbonyl (C=O) groups excluding carboxylic acids is 2. The fourth-order valence-electron chi connectivity index (χ4n) is 2.10. The summed E-state index contributed by atoms with van der Waals surface area (Å²) < 4.78 is 15.8. The van der Waals surface area contributed by atoms with Gasteiger partial charge in [-0.25, -0.2) is 0 Å². The molecule has 0 aliphatic heterocycles. The van der Waals surface area contributed by atoms with Crippen LogP contribution in [0, 0.1) is 0 Å². The number of nitrogens with one attached hydrogen (secondary N) is 2. The van der Waals surface area contributed by atoms with Crippen LogP contribution in [0.1, 0.15) is 12.5 Å². The van der Waals surface area contributed by atoms with Crippen LogP contribution in [-0.4, -0.2) is 32.1 Å². The van der Waals surface area contributed by atoms with Gasteiger partial charge in [-0.1, -0.05) is 24.3 Å². The molecular weight excluding hydrogens is 348 g/mol. The summed E-state index contributed by atoms with van der Waals surface area (Å²) >= 11 is 0. The van der Waals surface area contributed by atoms with E-state index in [1.165, 1.54) is 13.2 Å². The van der Waals surface area contributed by atoms with Crippen LogP contribution in [0.4, 0.5) is 0 Å². The van der Waals surface area contributed by atoms with Crippen molar-refractivity contribution < 1.29 is 23.8 Å². The predicted molar refractivity (Wildman–Crippen MR) is 101 cm³/mol. The highest BCUT2D eigenvalue weighted by Crippen LogP contribution is 2.25. The summed E-state index contributed by atoms with van der Waals surface area (Å²) in [4.78, 5) is 23.5. The Morgan fingerprint density at radius 1 is 0.963 bits per heavy atom. The lowest BCUT2D eigenvalue weighted by atomic mass is 10.2. The molecule has 0 spiro atoms. The van der Waals surface area contributed by atoms with Gasteiger partial charge in [-0.2, -0.15) is 0 Å². The molecule has 27 heavy (non-hydrogen) atoms. The molecule has 0 saturated heterocycles. The van der Waals surface area contributed by atoms with Crippen molar-refractivity contribution in [2.45, 2.75) is 6.92 Å². The lowest BCUT2D eigenvalue weighted by Gasteiger charge is -2.10. The quantitative estimate of drug-likeness (QED) is 0.550. The number of hydrogen-bond donors (Lipinski definition) is 2. The number of ether oxygens (including phenoxy) is 3. The minimum Gasteiger partial charge on any atom is -0.494 e. The van der Waals surface area contributed by atoms with Crippen molar-refractivity contribution >= 4 is 17.9 Å². The fraction of sp³-hybridized carbons (Fsp3) is 0.200. The maximum atomic E-state index is 11.8. The third kappa shape index (κ3) is 6.74. The molecular formula is C20H22N2O5. The Labute approximate surface area is 157 Å². The van der Waals surface area contributed by atoms with Crippen molar-refractivity contribution in [2.24, 2.45) is 0 Å². The lowest BCUT2D eigenvalue weighted by Crippen LogP contribution is -2.43. The van der Waals surface area contributed by atoms with E-state index >= 15 is 0 Å². The zero-order valence-corrected chi connectivity index (χ0v) is 15.2. The van der Waals surface area contributed by atoms with E-state index in [9.17, 15) is 9.59 Å². The number of carbonyl (C=O) groups is 2. The molecule has 142 valence electrons. The van der Waals surface area contributed by atoms with E-state index in [1.807, 2.05) is 31.2 Å². The second kappa shape index (κ2) is 10.5. The van der Waals surface area contributed by atoms with E-state index in [1.54, 1.807) is 30.3 Å². The summed E-state index contributed by atoms with van der Waals surface area (Å²) in [7, 11) is 1.51. The minimum atomic E-state index is -0.497. The Balaban J connectivity index is 1.75. The van der Waals surface area contributed by atoms with Gasteiger partial charge in [0.25, 0.3) is 11.8 Å². The first kappa shape index (κ1) is 19.8. The van der Waals surface area contributed by atoms with Crippen LogP contribution in [0.3, 0.4) is 0 Å². The Kier molecular flexibility index (Phi) is 7.71. The third-order valence-electron chi connectivity index (χ3n) is 3.37. The largest absolute Gasteiger partial charge is 0.494 e. The number of methoxy groups -OCH3 is 1. The minimum absolute atomic E-state index is 0.261. The highest BCUT2D eigenvalue weighted by Gasteiger charge is 2.07. The zero-order valence-electron chi connectivity index (χ0n) is 15.2. The molecule has 0 fully saturated rings. The van der Waals surface area contributed by atoms with Crippen LogP contribution in [0.2, 0.25) is 0 Å². The van der Waals surface area contributed by atoms with Crippen LogP contribution >= 0.6 is 0 Å². The molecule has 2 rings (SSSR count). The van der Waals surface area contributed by atoms with E-state index in [0.29, 0.717) is 18.1 Å². The van der Waals surface area contributed by atoms with Gasteiger partial charge >= 0.3 is 0 Å². The highest BCUT2D eigenvalue weighted by molar-refractivity contribution is 5.93. The molecule has 2 aromatic rings. The van der Waals surface area contributed by atoms with E-state index in [2.05, 4.69) is 10.9 Å². The summed E-state index contributed by atoms with van der Waals surface area (Å²) in [6.07, 6.45) is 2.94. The predicted octanol–water partition coefficient (Wildman–Crippen LogP) is 2.33. The SMILES string of the molecule is CCOc1ccc(/C=C/C(=O)NNC(=O)COc2ccccc2OC)cc1. The first-order valence-corrected chi connectivity index (χ1v) is 8.38. The number of hydrazine groups is 1. The summed E-state index contributed by atoms with van der Waals surface area (Å²) in [6.45, 7) is 2.25. The molecule has 0 aliphatic rings. The zero-order chi connectivity index (χ0) is 19.5. The number of para-hydroxylation sites is 2. The standard InChI is InChI=1S/C20H22N2O5/c1-3-26-16-11-8-15(9-12-16)10-13-19(23)21-22-20(24)14-27-18-7-5-4-6-17(18)25-2/h4-13H,3,14H2,1-2H3,(H,21,23)(H,22,24)/b13-10+. The summed E-state index contributed by atoms with van der Waals surface area (Å²) in [5.74, 6) is 0.768. The second-order valence-corrected chi connectivity index (χ2v) is 5.31. The number of rotatable bonds is 8. The van der Waals surface area contributed by atoms with Gasteiger partial charge in [0, 0.05) is 6.08 Å². The van der Waals surface area contributed by atoms with Crippen molar-refractivity contribution in [3.63, 3.8) is 0 Å². The molecule has 0 radical (unpaired) electrons. The van der Waals surface area contributed by atoms with Gasteiger partial charge < -0.3 is 14.2 Å². The van der Waals surface area contributed by atoms with Crippen molar-refractivity contribution in [1.82, 2.24) is 10.9 Å². The molecule has 0 atom stereocenters. The maximum Gasteiger partial charge on any atom is 0.276 e. The first-order chi connectivity index (χ1) is 13.1. The monoisotopic (exact) mass is 370 g/mol. The van der Waals surface area contributed by atoms with E-state index in [4.69, 9.17) is 14.2 Å². The molecule has 0 saturated carbocycles. The molecule has 2 amide bonds. The number of benzene rings is 2. The van der Waals surface area contributed by atoms with Gasteiger partial charge in [0.15, 0.2) is 18.1 Å². The van der Waals surface area contributed by atoms with Crippen LogP contribution in [0.25, 0.3) is 6.08 Å². The van der Waals surface area contributed by atoms with Crippen molar-refractivity contribution in [1.29, 1.82) is 0 Å². The molecule has 0 unspecified atom stereocenters. The Morgan fingerprint density at radius 2 is 1.67 bits per heavy atom. The van der Waals surface area contributed by atoms with Crippen LogP contribution in [-0.2, 0) is 9.59 Å². The molecule has 2 aromatic carbocycles. The molecule has 7 nitrogen and oxygen atoms in total. The van der Waals surface area contributed by atoms with Crippen molar-refractivity contribution in [3.8, 4) is 17.2 Å². The fourth-order valence-corrected chi connectivity index (χ4v) is 2.10. The smallest absolute Gasteiger partial charge is 0.276 e. The average molecular weight is 370 g/mol. The van der Waals surface area contributed by atoms with Gasteiger partial charge in [-0.15, -0.1) is 0 Å². The summed E-state index contributed by atoms with van der Waals surface area (Å²) in [6, 6.07) is 14.3. The Bertz CT molecular complexity index is 787. The first-order valence-electron chi connectivity index (χ1n) is 8.38. The highest BCUT2D eigenvalue weighted by atomic mass is 16.5. The van der Waals surface area contributed by atoms with Crippen molar-refractivity contribution in [2.75, 3.05) is 20.3 Å². The van der Waals surface area contributed by atoms with Crippen molar-refractivity contribution in [3.05, 3.63) is 60.2 Å². The van der Waals surface area contributed by atoms with E-state index in [0.717, 1.165) is 11.3 Å². The molecule has 0 bridgehead atoms. The maximum absolute atomic E-state index is 11.8. The Morgan fingerprint density at radius 3 is 2.33 bits per heavy atom. The van der Waals surface area contributed by atoms with Gasteiger partial charge in [0.2, 0.25) is 0 Å².